The quantitative estimate of drug-likeness (QED) is 0.714. The minimum absolute atomic E-state index is 0.350. The topological polar surface area (TPSA) is 52.3 Å². The van der Waals surface area contributed by atoms with Gasteiger partial charge >= 0.3 is 0 Å². The maximum absolute atomic E-state index is 10.3. The standard InChI is InChI=1S/C11H15NO2/c1-14-11-6-3-9(4-7-11)2-5-10(12)8-13/h3-4,6-8,10H,2,5,12H2,1H3. The molecule has 0 radical (unpaired) electrons. The van der Waals surface area contributed by atoms with Crippen molar-refractivity contribution in [1.29, 1.82) is 0 Å². The number of benzene rings is 1. The zero-order chi connectivity index (χ0) is 10.4. The van der Waals surface area contributed by atoms with Crippen LogP contribution in [0.5, 0.6) is 5.75 Å². The highest BCUT2D eigenvalue weighted by molar-refractivity contribution is 5.56. The van der Waals surface area contributed by atoms with Gasteiger partial charge in [0.05, 0.1) is 13.2 Å². The molecule has 1 aromatic carbocycles. The van der Waals surface area contributed by atoms with Gasteiger partial charge in [0.15, 0.2) is 0 Å². The molecular weight excluding hydrogens is 178 g/mol. The molecule has 3 heteroatoms. The fourth-order valence-corrected chi connectivity index (χ4v) is 1.19. The average Bonchev–Trinajstić information content (AvgIpc) is 2.26. The van der Waals surface area contributed by atoms with Crippen molar-refractivity contribution in [2.75, 3.05) is 7.11 Å². The van der Waals surface area contributed by atoms with Gasteiger partial charge in [0.25, 0.3) is 0 Å². The normalized spacial score (nSPS) is 12.1. The lowest BCUT2D eigenvalue weighted by Crippen LogP contribution is -2.21. The van der Waals surface area contributed by atoms with Gasteiger partial charge < -0.3 is 15.3 Å². The summed E-state index contributed by atoms with van der Waals surface area (Å²) in [5.74, 6) is 0.841. The van der Waals surface area contributed by atoms with Crippen molar-refractivity contribution in [2.24, 2.45) is 5.73 Å². The molecule has 0 saturated carbocycles. The lowest BCUT2D eigenvalue weighted by molar-refractivity contribution is -0.109. The Morgan fingerprint density at radius 2 is 2.07 bits per heavy atom. The van der Waals surface area contributed by atoms with E-state index >= 15 is 0 Å². The molecule has 0 bridgehead atoms. The second-order valence-electron chi connectivity index (χ2n) is 3.19. The summed E-state index contributed by atoms with van der Waals surface area (Å²) >= 11 is 0. The molecule has 0 spiro atoms. The number of carbonyl (C=O) groups is 1. The van der Waals surface area contributed by atoms with Crippen molar-refractivity contribution >= 4 is 6.29 Å². The van der Waals surface area contributed by atoms with Crippen LogP contribution < -0.4 is 10.5 Å². The van der Waals surface area contributed by atoms with Gasteiger partial charge in [0.1, 0.15) is 12.0 Å². The van der Waals surface area contributed by atoms with Crippen molar-refractivity contribution in [1.82, 2.24) is 0 Å². The summed E-state index contributed by atoms with van der Waals surface area (Å²) in [7, 11) is 1.64. The first kappa shape index (κ1) is 10.7. The Morgan fingerprint density at radius 3 is 2.57 bits per heavy atom. The Hall–Kier alpha value is -1.35. The number of ether oxygens (including phenoxy) is 1. The molecule has 1 rings (SSSR count). The Morgan fingerprint density at radius 1 is 1.43 bits per heavy atom. The van der Waals surface area contributed by atoms with Crippen LogP contribution in [-0.2, 0) is 11.2 Å². The number of rotatable bonds is 5. The highest BCUT2D eigenvalue weighted by Crippen LogP contribution is 2.12. The van der Waals surface area contributed by atoms with Gasteiger partial charge in [-0.25, -0.2) is 0 Å². The van der Waals surface area contributed by atoms with Crippen LogP contribution in [0.1, 0.15) is 12.0 Å². The van der Waals surface area contributed by atoms with E-state index in [0.29, 0.717) is 6.42 Å². The summed E-state index contributed by atoms with van der Waals surface area (Å²) in [6.45, 7) is 0. The highest BCUT2D eigenvalue weighted by Gasteiger charge is 2.00. The summed E-state index contributed by atoms with van der Waals surface area (Å²) in [6.07, 6.45) is 2.29. The van der Waals surface area contributed by atoms with E-state index in [9.17, 15) is 4.79 Å². The van der Waals surface area contributed by atoms with Crippen molar-refractivity contribution in [3.05, 3.63) is 29.8 Å². The minimum Gasteiger partial charge on any atom is -0.497 e. The van der Waals surface area contributed by atoms with Crippen molar-refractivity contribution < 1.29 is 9.53 Å². The summed E-state index contributed by atoms with van der Waals surface area (Å²) in [6, 6.07) is 7.42. The third-order valence-electron chi connectivity index (χ3n) is 2.10. The third-order valence-corrected chi connectivity index (χ3v) is 2.10. The van der Waals surface area contributed by atoms with Crippen LogP contribution in [0.4, 0.5) is 0 Å². The number of hydrogen-bond acceptors (Lipinski definition) is 3. The molecule has 0 aliphatic heterocycles. The van der Waals surface area contributed by atoms with Gasteiger partial charge in [-0.05, 0) is 30.5 Å². The monoisotopic (exact) mass is 193 g/mol. The van der Waals surface area contributed by atoms with E-state index in [2.05, 4.69) is 0 Å². The van der Waals surface area contributed by atoms with E-state index in [1.807, 2.05) is 24.3 Å². The Bertz CT molecular complexity index is 282. The summed E-state index contributed by atoms with van der Waals surface area (Å²) < 4.78 is 5.04. The molecule has 0 aliphatic carbocycles. The Kier molecular flexibility index (Phi) is 4.13. The molecule has 1 atom stereocenters. The maximum Gasteiger partial charge on any atom is 0.136 e. The second kappa shape index (κ2) is 5.40. The van der Waals surface area contributed by atoms with Crippen LogP contribution in [0.25, 0.3) is 0 Å². The molecule has 2 N–H and O–H groups in total. The molecule has 0 saturated heterocycles. The van der Waals surface area contributed by atoms with Gasteiger partial charge in [-0.2, -0.15) is 0 Å². The van der Waals surface area contributed by atoms with Crippen molar-refractivity contribution in [3.63, 3.8) is 0 Å². The van der Waals surface area contributed by atoms with Crippen molar-refractivity contribution in [2.45, 2.75) is 18.9 Å². The zero-order valence-electron chi connectivity index (χ0n) is 8.27. The molecule has 3 nitrogen and oxygen atoms in total. The SMILES string of the molecule is COc1ccc(CCC(N)C=O)cc1. The number of aryl methyl sites for hydroxylation is 1. The molecule has 14 heavy (non-hydrogen) atoms. The lowest BCUT2D eigenvalue weighted by atomic mass is 10.1. The third kappa shape index (κ3) is 3.18. The summed E-state index contributed by atoms with van der Waals surface area (Å²) in [5, 5.41) is 0. The van der Waals surface area contributed by atoms with Gasteiger partial charge in [0, 0.05) is 0 Å². The lowest BCUT2D eigenvalue weighted by Gasteiger charge is -2.04. The fraction of sp³-hybridized carbons (Fsp3) is 0.364. The molecule has 0 fully saturated rings. The molecule has 1 aromatic rings. The number of hydrogen-bond donors (Lipinski definition) is 1. The van der Waals surface area contributed by atoms with Crippen LogP contribution in [-0.4, -0.2) is 19.4 Å². The van der Waals surface area contributed by atoms with Crippen molar-refractivity contribution in [3.8, 4) is 5.75 Å². The predicted octanol–water partition coefficient (Wildman–Crippen LogP) is 1.15. The van der Waals surface area contributed by atoms with Crippen LogP contribution in [0.3, 0.4) is 0 Å². The van der Waals surface area contributed by atoms with Crippen LogP contribution in [0.15, 0.2) is 24.3 Å². The molecule has 1 unspecified atom stereocenters. The largest absolute Gasteiger partial charge is 0.497 e. The fourth-order valence-electron chi connectivity index (χ4n) is 1.19. The van der Waals surface area contributed by atoms with E-state index in [0.717, 1.165) is 18.5 Å². The molecule has 0 amide bonds. The van der Waals surface area contributed by atoms with E-state index in [1.165, 1.54) is 5.56 Å². The number of aldehydes is 1. The van der Waals surface area contributed by atoms with Gasteiger partial charge in [-0.15, -0.1) is 0 Å². The molecule has 0 aromatic heterocycles. The number of nitrogens with two attached hydrogens (primary N) is 1. The van der Waals surface area contributed by atoms with Crippen LogP contribution >= 0.6 is 0 Å². The zero-order valence-corrected chi connectivity index (χ0v) is 8.27. The van der Waals surface area contributed by atoms with E-state index in [4.69, 9.17) is 10.5 Å². The molecular formula is C11H15NO2. The Balaban J connectivity index is 2.47. The maximum atomic E-state index is 10.3. The smallest absolute Gasteiger partial charge is 0.136 e. The first-order chi connectivity index (χ1) is 6.76. The molecule has 0 aliphatic rings. The highest BCUT2D eigenvalue weighted by atomic mass is 16.5. The number of carbonyl (C=O) groups excluding carboxylic acids is 1. The number of methoxy groups -OCH3 is 1. The summed E-state index contributed by atoms with van der Waals surface area (Å²) in [5.41, 5.74) is 6.65. The van der Waals surface area contributed by atoms with Gasteiger partial charge in [-0.3, -0.25) is 0 Å². The molecule has 0 heterocycles. The van der Waals surface area contributed by atoms with E-state index in [-0.39, 0.29) is 6.04 Å². The van der Waals surface area contributed by atoms with E-state index in [1.54, 1.807) is 7.11 Å². The van der Waals surface area contributed by atoms with Crippen LogP contribution in [0, 0.1) is 0 Å². The Labute approximate surface area is 83.9 Å². The first-order valence-corrected chi connectivity index (χ1v) is 4.60. The molecule has 76 valence electrons. The average molecular weight is 193 g/mol. The minimum atomic E-state index is -0.350. The first-order valence-electron chi connectivity index (χ1n) is 4.60. The van der Waals surface area contributed by atoms with Gasteiger partial charge in [0.2, 0.25) is 0 Å². The second-order valence-corrected chi connectivity index (χ2v) is 3.19. The van der Waals surface area contributed by atoms with Gasteiger partial charge in [-0.1, -0.05) is 12.1 Å². The predicted molar refractivity (Wildman–Crippen MR) is 55.4 cm³/mol. The van der Waals surface area contributed by atoms with Crippen LogP contribution in [0.2, 0.25) is 0 Å². The summed E-state index contributed by atoms with van der Waals surface area (Å²) in [4.78, 5) is 10.3. The van der Waals surface area contributed by atoms with E-state index < -0.39 is 0 Å².